The average Bonchev–Trinajstić information content (AvgIpc) is 2.78. The molecule has 160 valence electrons. The number of rotatable bonds is 5. The van der Waals surface area contributed by atoms with Crippen LogP contribution < -0.4 is 15.0 Å². The zero-order valence-corrected chi connectivity index (χ0v) is 18.9. The third-order valence-corrected chi connectivity index (χ3v) is 5.46. The van der Waals surface area contributed by atoms with Crippen molar-refractivity contribution in [3.8, 4) is 5.75 Å². The molecule has 0 spiro atoms. The largest absolute Gasteiger partial charge is 0.488 e. The summed E-state index contributed by atoms with van der Waals surface area (Å²) in [5, 5.41) is 2.62. The third-order valence-electron chi connectivity index (χ3n) is 4.70. The summed E-state index contributed by atoms with van der Waals surface area (Å²) in [4.78, 5) is 38.9. The van der Waals surface area contributed by atoms with E-state index >= 15 is 0 Å². The predicted molar refractivity (Wildman–Crippen MR) is 125 cm³/mol. The molecule has 1 N–H and O–H groups in total. The van der Waals surface area contributed by atoms with Crippen LogP contribution in [-0.4, -0.2) is 17.8 Å². The number of hydrogen-bond acceptors (Lipinski definition) is 4. The normalized spacial score (nSPS) is 15.1. The van der Waals surface area contributed by atoms with Crippen LogP contribution in [-0.2, 0) is 16.2 Å². The van der Waals surface area contributed by atoms with Gasteiger partial charge in [0.05, 0.1) is 5.69 Å². The molecule has 1 heterocycles. The molecule has 0 bridgehead atoms. The van der Waals surface area contributed by atoms with Crippen LogP contribution >= 0.6 is 27.5 Å². The zero-order valence-electron chi connectivity index (χ0n) is 16.5. The molecule has 8 heteroatoms. The van der Waals surface area contributed by atoms with Crippen LogP contribution in [0.25, 0.3) is 6.08 Å². The number of urea groups is 1. The van der Waals surface area contributed by atoms with Crippen molar-refractivity contribution in [2.24, 2.45) is 0 Å². The number of nitrogens with zero attached hydrogens (tertiary/aromatic N) is 1. The van der Waals surface area contributed by atoms with Crippen LogP contribution in [0.15, 0.2) is 82.8 Å². The van der Waals surface area contributed by atoms with Crippen LogP contribution in [0.1, 0.15) is 11.1 Å². The number of carbonyl (C=O) groups is 3. The van der Waals surface area contributed by atoms with Crippen molar-refractivity contribution in [2.45, 2.75) is 6.61 Å². The number of hydrogen-bond donors (Lipinski definition) is 1. The lowest BCUT2D eigenvalue weighted by atomic mass is 10.1. The van der Waals surface area contributed by atoms with Crippen LogP contribution in [0, 0.1) is 0 Å². The Labute approximate surface area is 197 Å². The molecule has 0 aromatic heterocycles. The molecule has 0 unspecified atom stereocenters. The summed E-state index contributed by atoms with van der Waals surface area (Å²) >= 11 is 9.46. The van der Waals surface area contributed by atoms with E-state index < -0.39 is 17.8 Å². The average molecular weight is 512 g/mol. The van der Waals surface area contributed by atoms with Gasteiger partial charge in [0.2, 0.25) is 0 Å². The van der Waals surface area contributed by atoms with Gasteiger partial charge in [-0.25, -0.2) is 9.69 Å². The Kier molecular flexibility index (Phi) is 6.39. The summed E-state index contributed by atoms with van der Waals surface area (Å²) in [6.07, 6.45) is 1.38. The van der Waals surface area contributed by atoms with E-state index in [-0.39, 0.29) is 5.57 Å². The van der Waals surface area contributed by atoms with Crippen molar-refractivity contribution in [2.75, 3.05) is 4.90 Å². The van der Waals surface area contributed by atoms with Crippen molar-refractivity contribution in [1.82, 2.24) is 5.32 Å². The summed E-state index contributed by atoms with van der Waals surface area (Å²) < 4.78 is 6.69. The van der Waals surface area contributed by atoms with Crippen LogP contribution in [0.3, 0.4) is 0 Å². The molecule has 0 radical (unpaired) electrons. The van der Waals surface area contributed by atoms with E-state index in [0.717, 1.165) is 14.9 Å². The molecule has 1 fully saturated rings. The summed E-state index contributed by atoms with van der Waals surface area (Å²) in [7, 11) is 0. The number of benzene rings is 3. The van der Waals surface area contributed by atoms with Crippen molar-refractivity contribution in [3.05, 3.63) is 99.0 Å². The molecule has 3 aromatic rings. The molecule has 0 atom stereocenters. The number of barbiturate groups is 1. The SMILES string of the molecule is O=C1NC(=O)N(c2ccc(Br)cc2)C(=O)/C1=C/c1cc(Cl)ccc1OCc1ccccc1. The number of carbonyl (C=O) groups excluding carboxylic acids is 3. The second kappa shape index (κ2) is 9.38. The first-order chi connectivity index (χ1) is 15.4. The van der Waals surface area contributed by atoms with Gasteiger partial charge in [0.15, 0.2) is 0 Å². The fourth-order valence-corrected chi connectivity index (χ4v) is 3.58. The minimum Gasteiger partial charge on any atom is -0.488 e. The van der Waals surface area contributed by atoms with E-state index in [2.05, 4.69) is 21.2 Å². The summed E-state index contributed by atoms with van der Waals surface area (Å²) in [6.45, 7) is 0.294. The van der Waals surface area contributed by atoms with Gasteiger partial charge in [0.1, 0.15) is 17.9 Å². The van der Waals surface area contributed by atoms with E-state index in [1.165, 1.54) is 6.08 Å². The highest BCUT2D eigenvalue weighted by atomic mass is 79.9. The van der Waals surface area contributed by atoms with Gasteiger partial charge in [-0.3, -0.25) is 14.9 Å². The minimum atomic E-state index is -0.814. The highest BCUT2D eigenvalue weighted by Gasteiger charge is 2.37. The summed E-state index contributed by atoms with van der Waals surface area (Å²) in [5.74, 6) is -1.09. The molecule has 1 aliphatic heterocycles. The molecule has 6 nitrogen and oxygen atoms in total. The van der Waals surface area contributed by atoms with Gasteiger partial charge in [-0.15, -0.1) is 0 Å². The molecule has 0 saturated carbocycles. The lowest BCUT2D eigenvalue weighted by Crippen LogP contribution is -2.54. The molecule has 32 heavy (non-hydrogen) atoms. The van der Waals surface area contributed by atoms with E-state index in [9.17, 15) is 14.4 Å². The lowest BCUT2D eigenvalue weighted by Gasteiger charge is -2.26. The quantitative estimate of drug-likeness (QED) is 0.370. The smallest absolute Gasteiger partial charge is 0.335 e. The van der Waals surface area contributed by atoms with E-state index in [1.807, 2.05) is 30.3 Å². The first-order valence-electron chi connectivity index (χ1n) is 9.55. The maximum atomic E-state index is 13.1. The Hall–Kier alpha value is -3.42. The van der Waals surface area contributed by atoms with Crippen LogP contribution in [0.2, 0.25) is 5.02 Å². The van der Waals surface area contributed by atoms with Crippen molar-refractivity contribution >= 4 is 57.1 Å². The molecule has 4 amide bonds. The number of nitrogens with one attached hydrogen (secondary N) is 1. The van der Waals surface area contributed by atoms with Crippen LogP contribution in [0.5, 0.6) is 5.75 Å². The zero-order chi connectivity index (χ0) is 22.7. The maximum Gasteiger partial charge on any atom is 0.335 e. The number of ether oxygens (including phenoxy) is 1. The Morgan fingerprint density at radius 3 is 2.41 bits per heavy atom. The Morgan fingerprint density at radius 2 is 1.69 bits per heavy atom. The second-order valence-corrected chi connectivity index (χ2v) is 8.24. The lowest BCUT2D eigenvalue weighted by molar-refractivity contribution is -0.122. The molecule has 0 aliphatic carbocycles. The monoisotopic (exact) mass is 510 g/mol. The van der Waals surface area contributed by atoms with Gasteiger partial charge in [0.25, 0.3) is 11.8 Å². The number of amides is 4. The number of imide groups is 2. The highest BCUT2D eigenvalue weighted by Crippen LogP contribution is 2.29. The second-order valence-electron chi connectivity index (χ2n) is 6.89. The number of anilines is 1. The molecule has 3 aromatic carbocycles. The topological polar surface area (TPSA) is 75.7 Å². The molecular weight excluding hydrogens is 496 g/mol. The van der Waals surface area contributed by atoms with Gasteiger partial charge in [-0.05, 0) is 54.1 Å². The summed E-state index contributed by atoms with van der Waals surface area (Å²) in [5.41, 5.74) is 1.52. The van der Waals surface area contributed by atoms with Crippen molar-refractivity contribution < 1.29 is 19.1 Å². The van der Waals surface area contributed by atoms with Gasteiger partial charge in [0, 0.05) is 15.1 Å². The van der Waals surface area contributed by atoms with E-state index in [4.69, 9.17) is 16.3 Å². The number of halogens is 2. The van der Waals surface area contributed by atoms with Crippen molar-refractivity contribution in [1.29, 1.82) is 0 Å². The fraction of sp³-hybridized carbons (Fsp3) is 0.0417. The minimum absolute atomic E-state index is 0.209. The molecular formula is C24H16BrClN2O4. The molecule has 1 saturated heterocycles. The predicted octanol–water partition coefficient (Wildman–Crippen LogP) is 5.35. The van der Waals surface area contributed by atoms with Crippen molar-refractivity contribution in [3.63, 3.8) is 0 Å². The Balaban J connectivity index is 1.67. The molecule has 4 rings (SSSR count). The standard InChI is InChI=1S/C24H16BrClN2O4/c25-17-6-9-19(10-7-17)28-23(30)20(22(29)27-24(28)31)13-16-12-18(26)8-11-21(16)32-14-15-4-2-1-3-5-15/h1-13H,14H2,(H,27,29,31)/b20-13+. The van der Waals surface area contributed by atoms with Crippen LogP contribution in [0.4, 0.5) is 10.5 Å². The molecule has 1 aliphatic rings. The highest BCUT2D eigenvalue weighted by molar-refractivity contribution is 9.10. The van der Waals surface area contributed by atoms with E-state index in [0.29, 0.717) is 28.6 Å². The summed E-state index contributed by atoms with van der Waals surface area (Å²) in [6, 6.07) is 20.3. The third kappa shape index (κ3) is 4.74. The maximum absolute atomic E-state index is 13.1. The van der Waals surface area contributed by atoms with Gasteiger partial charge >= 0.3 is 6.03 Å². The Bertz CT molecular complexity index is 1230. The van der Waals surface area contributed by atoms with E-state index in [1.54, 1.807) is 42.5 Å². The first-order valence-corrected chi connectivity index (χ1v) is 10.7. The van der Waals surface area contributed by atoms with Gasteiger partial charge in [-0.2, -0.15) is 0 Å². The first kappa shape index (κ1) is 21.8. The Morgan fingerprint density at radius 1 is 0.969 bits per heavy atom. The van der Waals surface area contributed by atoms with Gasteiger partial charge in [-0.1, -0.05) is 57.9 Å². The van der Waals surface area contributed by atoms with Gasteiger partial charge < -0.3 is 4.74 Å². The fourth-order valence-electron chi connectivity index (χ4n) is 3.14.